The molecule has 4 heterocycles. The average molecular weight is 509 g/mol. The van der Waals surface area contributed by atoms with E-state index in [4.69, 9.17) is 27.8 Å². The molecule has 0 aromatic heterocycles. The number of nitrogens with two attached hydrogens (primary N) is 1. The summed E-state index contributed by atoms with van der Waals surface area (Å²) in [6.07, 6.45) is 10.5. The number of fused-ring (bicyclic) bond motifs is 3. The SMILES string of the molecule is NCC1CCC2OCC3(CCN(C(=O)C4CC(C5CCCC6B(O)OCC65)C(S)S4)CC3)C2C1. The van der Waals surface area contributed by atoms with Crippen molar-refractivity contribution in [2.24, 2.45) is 40.7 Å². The van der Waals surface area contributed by atoms with Crippen LogP contribution in [-0.2, 0) is 14.2 Å². The maximum Gasteiger partial charge on any atom is 0.457 e. The van der Waals surface area contributed by atoms with Crippen molar-refractivity contribution in [2.45, 2.75) is 79.5 Å². The van der Waals surface area contributed by atoms with Crippen LogP contribution in [0.5, 0.6) is 0 Å². The number of piperidine rings is 1. The van der Waals surface area contributed by atoms with Crippen LogP contribution in [0.2, 0.25) is 5.82 Å². The standard InChI is InChI=1S/C25H41BN2O4S2/c27-12-15-4-5-21-19(10-15)25(14-31-21)6-8-28(9-7-25)23(29)22-11-17(24(33)34-22)16-2-1-3-20-18(16)13-32-26(20)30/h15-22,24,30,33H,1-14,27H2. The summed E-state index contributed by atoms with van der Waals surface area (Å²) in [5.41, 5.74) is 6.28. The van der Waals surface area contributed by atoms with Crippen LogP contribution in [-0.4, -0.2) is 71.7 Å². The lowest BCUT2D eigenvalue weighted by molar-refractivity contribution is -0.133. The molecule has 4 aliphatic heterocycles. The third-order valence-electron chi connectivity index (χ3n) is 10.7. The first-order valence-electron chi connectivity index (χ1n) is 13.7. The lowest BCUT2D eigenvalue weighted by atomic mass is 9.57. The van der Waals surface area contributed by atoms with Crippen molar-refractivity contribution < 1.29 is 19.2 Å². The molecular weight excluding hydrogens is 467 g/mol. The van der Waals surface area contributed by atoms with Crippen molar-refractivity contribution in [2.75, 3.05) is 32.8 Å². The van der Waals surface area contributed by atoms with Gasteiger partial charge in [0.05, 0.1) is 22.5 Å². The Bertz CT molecular complexity index is 769. The van der Waals surface area contributed by atoms with E-state index in [2.05, 4.69) is 4.90 Å². The number of ether oxygens (including phenoxy) is 1. The third kappa shape index (κ3) is 4.18. The van der Waals surface area contributed by atoms with Crippen LogP contribution < -0.4 is 5.73 Å². The number of carbonyl (C=O) groups excluding carboxylic acids is 1. The molecule has 6 nitrogen and oxygen atoms in total. The Morgan fingerprint density at radius 2 is 1.97 bits per heavy atom. The van der Waals surface area contributed by atoms with Crippen molar-refractivity contribution in [1.82, 2.24) is 4.90 Å². The summed E-state index contributed by atoms with van der Waals surface area (Å²) in [4.78, 5) is 15.7. The zero-order valence-electron chi connectivity index (χ0n) is 20.2. The van der Waals surface area contributed by atoms with E-state index in [1.165, 1.54) is 19.3 Å². The molecule has 3 N–H and O–H groups in total. The minimum Gasteiger partial charge on any atom is -0.427 e. The van der Waals surface area contributed by atoms with Crippen LogP contribution in [0.15, 0.2) is 0 Å². The van der Waals surface area contributed by atoms with Crippen molar-refractivity contribution >= 4 is 37.4 Å². The molecule has 190 valence electrons. The van der Waals surface area contributed by atoms with Crippen LogP contribution in [0.4, 0.5) is 0 Å². The van der Waals surface area contributed by atoms with E-state index in [0.717, 1.165) is 64.8 Å². The van der Waals surface area contributed by atoms with E-state index in [1.807, 2.05) is 0 Å². The molecule has 34 heavy (non-hydrogen) atoms. The predicted octanol–water partition coefficient (Wildman–Crippen LogP) is 3.04. The Morgan fingerprint density at radius 1 is 1.15 bits per heavy atom. The quantitative estimate of drug-likeness (QED) is 0.402. The molecule has 9 unspecified atom stereocenters. The molecule has 6 rings (SSSR count). The van der Waals surface area contributed by atoms with Gasteiger partial charge >= 0.3 is 7.12 Å². The number of hydrogen-bond acceptors (Lipinski definition) is 7. The minimum atomic E-state index is -0.596. The smallest absolute Gasteiger partial charge is 0.427 e. The second-order valence-corrected chi connectivity index (χ2v) is 14.4. The molecule has 2 saturated carbocycles. The van der Waals surface area contributed by atoms with Crippen molar-refractivity contribution in [3.8, 4) is 0 Å². The lowest BCUT2D eigenvalue weighted by Crippen LogP contribution is -2.49. The van der Waals surface area contributed by atoms with Crippen molar-refractivity contribution in [3.63, 3.8) is 0 Å². The molecule has 1 amide bonds. The first-order chi connectivity index (χ1) is 16.5. The van der Waals surface area contributed by atoms with Gasteiger partial charge in [0.2, 0.25) is 5.91 Å². The highest BCUT2D eigenvalue weighted by Gasteiger charge is 2.54. The summed E-state index contributed by atoms with van der Waals surface area (Å²) in [6.45, 7) is 4.07. The number of hydrogen-bond donors (Lipinski definition) is 3. The first-order valence-corrected chi connectivity index (χ1v) is 15.2. The van der Waals surface area contributed by atoms with Gasteiger partial charge < -0.3 is 25.0 Å². The van der Waals surface area contributed by atoms with E-state index in [1.54, 1.807) is 11.8 Å². The van der Waals surface area contributed by atoms with Gasteiger partial charge in [-0.15, -0.1) is 11.8 Å². The summed E-state index contributed by atoms with van der Waals surface area (Å²) in [6, 6.07) is 0. The Balaban J connectivity index is 1.07. The molecule has 0 aromatic carbocycles. The summed E-state index contributed by atoms with van der Waals surface area (Å²) in [7, 11) is -0.596. The molecule has 0 radical (unpaired) electrons. The summed E-state index contributed by atoms with van der Waals surface area (Å²) >= 11 is 6.74. The fourth-order valence-electron chi connectivity index (χ4n) is 8.59. The molecule has 4 saturated heterocycles. The second-order valence-electron chi connectivity index (χ2n) is 12.1. The Kier molecular flexibility index (Phi) is 7.00. The van der Waals surface area contributed by atoms with Crippen molar-refractivity contribution in [1.29, 1.82) is 0 Å². The first kappa shape index (κ1) is 24.4. The van der Waals surface area contributed by atoms with Gasteiger partial charge in [-0.3, -0.25) is 4.79 Å². The van der Waals surface area contributed by atoms with E-state index >= 15 is 0 Å². The summed E-state index contributed by atoms with van der Waals surface area (Å²) < 4.78 is 12.1. The summed E-state index contributed by atoms with van der Waals surface area (Å²) in [5.74, 6) is 3.24. The van der Waals surface area contributed by atoms with Gasteiger partial charge in [-0.05, 0) is 86.9 Å². The van der Waals surface area contributed by atoms with Crippen LogP contribution in [0.25, 0.3) is 0 Å². The van der Waals surface area contributed by atoms with E-state index in [9.17, 15) is 9.82 Å². The van der Waals surface area contributed by atoms with Gasteiger partial charge in [0.15, 0.2) is 0 Å². The van der Waals surface area contributed by atoms with Gasteiger partial charge in [-0.1, -0.05) is 12.8 Å². The highest BCUT2D eigenvalue weighted by molar-refractivity contribution is 8.11. The van der Waals surface area contributed by atoms with Crippen LogP contribution in [0.1, 0.15) is 57.8 Å². The number of nitrogens with zero attached hydrogens (tertiary/aromatic N) is 1. The topological polar surface area (TPSA) is 85.0 Å². The van der Waals surface area contributed by atoms with E-state index in [0.29, 0.717) is 48.2 Å². The number of thiol groups is 1. The molecule has 6 aliphatic rings. The monoisotopic (exact) mass is 508 g/mol. The molecule has 2 aliphatic carbocycles. The zero-order valence-corrected chi connectivity index (χ0v) is 21.9. The van der Waals surface area contributed by atoms with Gasteiger partial charge in [0.1, 0.15) is 0 Å². The van der Waals surface area contributed by atoms with Gasteiger partial charge in [-0.25, -0.2) is 0 Å². The molecule has 6 fully saturated rings. The van der Waals surface area contributed by atoms with Crippen molar-refractivity contribution in [3.05, 3.63) is 0 Å². The Hall–Kier alpha value is 0.0749. The Morgan fingerprint density at radius 3 is 2.76 bits per heavy atom. The highest BCUT2D eigenvalue weighted by atomic mass is 32.2. The van der Waals surface area contributed by atoms with E-state index in [-0.39, 0.29) is 21.1 Å². The number of carbonyl (C=O) groups is 1. The molecule has 9 atom stereocenters. The average Bonchev–Trinajstić information content (AvgIpc) is 3.55. The van der Waals surface area contributed by atoms with Gasteiger partial charge in [-0.2, -0.15) is 12.6 Å². The van der Waals surface area contributed by atoms with Crippen LogP contribution in [0, 0.1) is 35.0 Å². The second kappa shape index (κ2) is 9.75. The normalized spacial score (nSPS) is 46.0. The van der Waals surface area contributed by atoms with E-state index < -0.39 is 7.12 Å². The fourth-order valence-corrected chi connectivity index (χ4v) is 10.8. The minimum absolute atomic E-state index is 0.0260. The maximum atomic E-state index is 13.6. The maximum absolute atomic E-state index is 13.6. The Labute approximate surface area is 214 Å². The largest absolute Gasteiger partial charge is 0.457 e. The fraction of sp³-hybridized carbons (Fsp3) is 0.960. The van der Waals surface area contributed by atoms with Gasteiger partial charge in [0.25, 0.3) is 0 Å². The molecule has 1 spiro atoms. The third-order valence-corrected chi connectivity index (χ3v) is 12.8. The number of likely N-dealkylation sites (tertiary alicyclic amines) is 1. The highest BCUT2D eigenvalue weighted by Crippen LogP contribution is 2.55. The predicted molar refractivity (Wildman–Crippen MR) is 139 cm³/mol. The van der Waals surface area contributed by atoms with Gasteiger partial charge in [0, 0.05) is 25.1 Å². The number of thioether (sulfide) groups is 1. The molecule has 0 aromatic rings. The lowest BCUT2D eigenvalue weighted by Gasteiger charge is -2.45. The van der Waals surface area contributed by atoms with Crippen LogP contribution >= 0.6 is 24.4 Å². The number of rotatable bonds is 3. The molecular formula is C25H41BN2O4S2. The summed E-state index contributed by atoms with van der Waals surface area (Å²) in [5, 5.41) is 10.3. The number of amides is 1. The molecule has 0 bridgehead atoms. The molecule has 9 heteroatoms. The zero-order chi connectivity index (χ0) is 23.4. The van der Waals surface area contributed by atoms with Crippen LogP contribution in [0.3, 0.4) is 0 Å².